The number of piperazine rings is 1. The number of benzene rings is 1. The summed E-state index contributed by atoms with van der Waals surface area (Å²) in [4.78, 5) is 54.4. The maximum absolute atomic E-state index is 14.6. The first-order valence-electron chi connectivity index (χ1n) is 13.6. The molecule has 0 saturated carbocycles. The lowest BCUT2D eigenvalue weighted by molar-refractivity contribution is -0.150. The van der Waals surface area contributed by atoms with Gasteiger partial charge < -0.3 is 24.6 Å². The molecule has 42 heavy (non-hydrogen) atoms. The van der Waals surface area contributed by atoms with Crippen molar-refractivity contribution < 1.29 is 28.2 Å². The van der Waals surface area contributed by atoms with Crippen molar-refractivity contribution >= 4 is 46.7 Å². The van der Waals surface area contributed by atoms with Crippen LogP contribution in [0.5, 0.6) is 0 Å². The lowest BCUT2D eigenvalue weighted by Crippen LogP contribution is -2.62. The van der Waals surface area contributed by atoms with Crippen molar-refractivity contribution in [3.8, 4) is 0 Å². The van der Waals surface area contributed by atoms with E-state index in [0.717, 1.165) is 0 Å². The number of amidine groups is 1. The van der Waals surface area contributed by atoms with Crippen molar-refractivity contribution in [3.63, 3.8) is 0 Å². The van der Waals surface area contributed by atoms with Crippen molar-refractivity contribution in [2.75, 3.05) is 39.9 Å². The van der Waals surface area contributed by atoms with E-state index in [1.165, 1.54) is 30.6 Å². The molecule has 0 aliphatic carbocycles. The zero-order valence-electron chi connectivity index (χ0n) is 23.7. The molecule has 3 aliphatic rings. The number of hydrogen-bond acceptors (Lipinski definition) is 10. The second-order valence-electron chi connectivity index (χ2n) is 10.3. The number of urea groups is 1. The Labute approximate surface area is 251 Å². The fourth-order valence-corrected chi connectivity index (χ4v) is 6.47. The molecule has 11 nitrogen and oxygen atoms in total. The average molecular weight is 619 g/mol. The lowest BCUT2D eigenvalue weighted by Gasteiger charge is -2.43. The quantitative estimate of drug-likeness (QED) is 0.449. The monoisotopic (exact) mass is 618 g/mol. The Morgan fingerprint density at radius 1 is 1.29 bits per heavy atom. The summed E-state index contributed by atoms with van der Waals surface area (Å²) in [5.74, 6) is -1.42. The third-order valence-corrected chi connectivity index (χ3v) is 8.80. The van der Waals surface area contributed by atoms with Crippen LogP contribution in [0.2, 0.25) is 5.02 Å². The molecule has 224 valence electrons. The van der Waals surface area contributed by atoms with Crippen LogP contribution in [0.25, 0.3) is 0 Å². The molecule has 2 saturated heterocycles. The van der Waals surface area contributed by atoms with E-state index >= 15 is 0 Å². The predicted octanol–water partition coefficient (Wildman–Crippen LogP) is 3.22. The van der Waals surface area contributed by atoms with Crippen LogP contribution in [-0.4, -0.2) is 102 Å². The van der Waals surface area contributed by atoms with E-state index in [2.05, 4.69) is 10.3 Å². The molecule has 1 aromatic heterocycles. The number of rotatable bonds is 8. The normalized spacial score (nSPS) is 22.7. The van der Waals surface area contributed by atoms with Crippen LogP contribution in [0.3, 0.4) is 0 Å². The van der Waals surface area contributed by atoms with Crippen molar-refractivity contribution in [2.24, 2.45) is 4.99 Å². The van der Waals surface area contributed by atoms with Crippen LogP contribution in [0.15, 0.2) is 46.0 Å². The van der Waals surface area contributed by atoms with Gasteiger partial charge >= 0.3 is 18.0 Å². The molecular formula is C28H32ClFN6O5S. The van der Waals surface area contributed by atoms with E-state index < -0.39 is 35.9 Å². The highest BCUT2D eigenvalue weighted by molar-refractivity contribution is 7.11. The molecule has 14 heteroatoms. The van der Waals surface area contributed by atoms with E-state index in [9.17, 15) is 18.8 Å². The molecular weight excluding hydrogens is 587 g/mol. The molecule has 3 atom stereocenters. The van der Waals surface area contributed by atoms with Crippen LogP contribution in [0, 0.1) is 5.82 Å². The second kappa shape index (κ2) is 12.4. The third kappa shape index (κ3) is 5.48. The van der Waals surface area contributed by atoms with Gasteiger partial charge in [-0.15, -0.1) is 11.3 Å². The van der Waals surface area contributed by atoms with Crippen LogP contribution >= 0.6 is 22.9 Å². The summed E-state index contributed by atoms with van der Waals surface area (Å²) >= 11 is 7.76. The minimum atomic E-state index is -1.01. The molecule has 2 fully saturated rings. The number of nitrogens with one attached hydrogen (secondary N) is 1. The predicted molar refractivity (Wildman–Crippen MR) is 155 cm³/mol. The molecule has 5 rings (SSSR count). The summed E-state index contributed by atoms with van der Waals surface area (Å²) in [7, 11) is 1.31. The van der Waals surface area contributed by atoms with E-state index in [4.69, 9.17) is 26.1 Å². The summed E-state index contributed by atoms with van der Waals surface area (Å²) in [5.41, 5.74) is 0.837. The van der Waals surface area contributed by atoms with E-state index in [1.807, 2.05) is 18.7 Å². The number of carbonyl (C=O) groups is 3. The number of ether oxygens (including phenoxy) is 2. The number of hydrogen-bond donors (Lipinski definition) is 1. The molecule has 2 aromatic rings. The molecule has 0 radical (unpaired) electrons. The summed E-state index contributed by atoms with van der Waals surface area (Å²) in [5, 5.41) is 5.44. The first-order valence-corrected chi connectivity index (χ1v) is 14.9. The molecule has 0 bridgehead atoms. The summed E-state index contributed by atoms with van der Waals surface area (Å²) in [6, 6.07) is 1.93. The molecule has 3 aliphatic heterocycles. The van der Waals surface area contributed by atoms with Gasteiger partial charge in [-0.05, 0) is 26.8 Å². The first-order chi connectivity index (χ1) is 20.2. The Kier molecular flexibility index (Phi) is 8.81. The van der Waals surface area contributed by atoms with E-state index in [0.29, 0.717) is 36.2 Å². The van der Waals surface area contributed by atoms with Crippen molar-refractivity contribution in [1.82, 2.24) is 25.0 Å². The summed E-state index contributed by atoms with van der Waals surface area (Å²) in [6.45, 7) is 6.81. The Bertz CT molecular complexity index is 1430. The third-order valence-electron chi connectivity index (χ3n) is 7.62. The van der Waals surface area contributed by atoms with Gasteiger partial charge in [0.25, 0.3) is 0 Å². The molecule has 1 aromatic carbocycles. The topological polar surface area (TPSA) is 117 Å². The van der Waals surface area contributed by atoms with Crippen molar-refractivity contribution in [2.45, 2.75) is 44.9 Å². The fraction of sp³-hybridized carbons (Fsp3) is 0.464. The minimum absolute atomic E-state index is 0.0400. The molecule has 4 heterocycles. The Balaban J connectivity index is 1.60. The average Bonchev–Trinajstić information content (AvgIpc) is 3.62. The number of fused-ring (bicyclic) bond motifs is 1. The number of aliphatic imine (C=N–C) groups is 1. The highest BCUT2D eigenvalue weighted by Gasteiger charge is 2.51. The van der Waals surface area contributed by atoms with Gasteiger partial charge in [-0.1, -0.05) is 23.7 Å². The zero-order valence-corrected chi connectivity index (χ0v) is 25.2. The lowest BCUT2D eigenvalue weighted by atomic mass is 9.94. The SMILES string of the molecule is CCOC(=O)C1=C(CN2CCN3C(=O)N(C(C)C)C[C@H]3[C@@H]2C(=O)OC)NC(c2nccs2)=N[C@H]1c1cccc(F)c1Cl. The van der Waals surface area contributed by atoms with Crippen molar-refractivity contribution in [3.05, 3.63) is 62.5 Å². The highest BCUT2D eigenvalue weighted by Crippen LogP contribution is 2.38. The van der Waals surface area contributed by atoms with Crippen LogP contribution in [0.1, 0.15) is 37.4 Å². The maximum Gasteiger partial charge on any atom is 0.338 e. The Hall–Kier alpha value is -3.55. The van der Waals surface area contributed by atoms with Gasteiger partial charge in [0.2, 0.25) is 0 Å². The first kappa shape index (κ1) is 29.9. The standard InChI is InChI=1S/C28H32ClFN6O5S/c1-5-41-26(37)20-18(13-34-10-11-35-19(23(34)27(38)40-4)14-36(15(2)3)28(35)39)32-24(25-31-9-12-42-25)33-22(20)16-7-6-8-17(30)21(16)29/h6-9,12,15,19,22-23H,5,10-11,13-14H2,1-4H3,(H,32,33)/t19-,22-,23+/m0/s1. The molecule has 0 unspecified atom stereocenters. The van der Waals surface area contributed by atoms with Crippen LogP contribution < -0.4 is 5.32 Å². The Morgan fingerprint density at radius 3 is 2.74 bits per heavy atom. The second-order valence-corrected chi connectivity index (χ2v) is 11.6. The fourth-order valence-electron chi connectivity index (χ4n) is 5.65. The number of halogens is 2. The number of methoxy groups -OCH3 is 1. The van der Waals surface area contributed by atoms with Gasteiger partial charge in [0.1, 0.15) is 17.9 Å². The summed E-state index contributed by atoms with van der Waals surface area (Å²) < 4.78 is 25.3. The summed E-state index contributed by atoms with van der Waals surface area (Å²) in [6.07, 6.45) is 1.63. The van der Waals surface area contributed by atoms with Gasteiger partial charge in [0, 0.05) is 55.1 Å². The number of carbonyl (C=O) groups excluding carboxylic acids is 3. The number of nitrogens with zero attached hydrogens (tertiary/aromatic N) is 5. The maximum atomic E-state index is 14.6. The number of esters is 2. The van der Waals surface area contributed by atoms with Gasteiger partial charge in [0.05, 0.1) is 30.4 Å². The zero-order chi connectivity index (χ0) is 30.1. The molecule has 0 spiro atoms. The number of amides is 2. The molecule has 1 N–H and O–H groups in total. The number of aromatic nitrogens is 1. The largest absolute Gasteiger partial charge is 0.468 e. The Morgan fingerprint density at radius 2 is 2.07 bits per heavy atom. The smallest absolute Gasteiger partial charge is 0.338 e. The van der Waals surface area contributed by atoms with Crippen LogP contribution in [0.4, 0.5) is 9.18 Å². The number of thiazole rings is 1. The van der Waals surface area contributed by atoms with Gasteiger partial charge in [0.15, 0.2) is 10.8 Å². The minimum Gasteiger partial charge on any atom is -0.468 e. The van der Waals surface area contributed by atoms with Gasteiger partial charge in [-0.3, -0.25) is 14.7 Å². The molecule has 2 amide bonds. The van der Waals surface area contributed by atoms with Crippen LogP contribution in [-0.2, 0) is 19.1 Å². The van der Waals surface area contributed by atoms with E-state index in [-0.39, 0.29) is 41.4 Å². The highest BCUT2D eigenvalue weighted by atomic mass is 35.5. The van der Waals surface area contributed by atoms with Gasteiger partial charge in [-0.25, -0.2) is 19.0 Å². The van der Waals surface area contributed by atoms with E-state index in [1.54, 1.807) is 34.4 Å². The van der Waals surface area contributed by atoms with Gasteiger partial charge in [-0.2, -0.15) is 0 Å². The van der Waals surface area contributed by atoms with Crippen molar-refractivity contribution in [1.29, 1.82) is 0 Å².